The van der Waals surface area contributed by atoms with Crippen molar-refractivity contribution in [1.82, 2.24) is 20.0 Å². The molecule has 7 heteroatoms. The van der Waals surface area contributed by atoms with E-state index in [9.17, 15) is 14.4 Å². The number of benzene rings is 1. The fraction of sp³-hybridized carbons (Fsp3) is 0.591. The molecule has 2 fully saturated rings. The van der Waals surface area contributed by atoms with Crippen molar-refractivity contribution in [2.45, 2.75) is 58.7 Å². The first-order valence-electron chi connectivity index (χ1n) is 10.6. The monoisotopic (exact) mass is 400 g/mol. The first-order valence-corrected chi connectivity index (χ1v) is 10.6. The molecule has 158 valence electrons. The maximum Gasteiger partial charge on any atom is 0.317 e. The highest BCUT2D eigenvalue weighted by molar-refractivity contribution is 6.35. The Kier molecular flexibility index (Phi) is 6.77. The SMILES string of the molecule is CCC(C)NC(=O)N1CCC(N2CCN(Cc3ccc(C)cc3)C(=O)C2=O)CC1. The Morgan fingerprint density at radius 3 is 2.34 bits per heavy atom. The average Bonchev–Trinajstić information content (AvgIpc) is 2.73. The van der Waals surface area contributed by atoms with E-state index in [1.165, 1.54) is 5.56 Å². The van der Waals surface area contributed by atoms with Crippen molar-refractivity contribution in [3.63, 3.8) is 0 Å². The van der Waals surface area contributed by atoms with E-state index in [4.69, 9.17) is 0 Å². The van der Waals surface area contributed by atoms with Gasteiger partial charge in [0.15, 0.2) is 0 Å². The van der Waals surface area contributed by atoms with Crippen molar-refractivity contribution < 1.29 is 14.4 Å². The number of rotatable bonds is 5. The largest absolute Gasteiger partial charge is 0.336 e. The lowest BCUT2D eigenvalue weighted by molar-refractivity contribution is -0.158. The lowest BCUT2D eigenvalue weighted by Crippen LogP contribution is -2.59. The Morgan fingerprint density at radius 2 is 1.72 bits per heavy atom. The van der Waals surface area contributed by atoms with Crippen LogP contribution in [0.5, 0.6) is 0 Å². The van der Waals surface area contributed by atoms with Gasteiger partial charge in [0.1, 0.15) is 0 Å². The Labute approximate surface area is 173 Å². The van der Waals surface area contributed by atoms with Crippen LogP contribution in [0.3, 0.4) is 0 Å². The van der Waals surface area contributed by atoms with Crippen molar-refractivity contribution in [2.75, 3.05) is 26.2 Å². The third-order valence-corrected chi connectivity index (χ3v) is 6.01. The van der Waals surface area contributed by atoms with Crippen molar-refractivity contribution in [1.29, 1.82) is 0 Å². The number of hydrogen-bond donors (Lipinski definition) is 1. The second-order valence-electron chi connectivity index (χ2n) is 8.19. The number of piperidine rings is 1. The van der Waals surface area contributed by atoms with E-state index in [1.54, 1.807) is 9.80 Å². The van der Waals surface area contributed by atoms with Gasteiger partial charge in [0.05, 0.1) is 0 Å². The van der Waals surface area contributed by atoms with Crippen LogP contribution in [0, 0.1) is 6.92 Å². The highest BCUT2D eigenvalue weighted by Gasteiger charge is 2.38. The lowest BCUT2D eigenvalue weighted by Gasteiger charge is -2.42. The van der Waals surface area contributed by atoms with Gasteiger partial charge in [-0.05, 0) is 38.7 Å². The average molecular weight is 401 g/mol. The zero-order chi connectivity index (χ0) is 21.0. The highest BCUT2D eigenvalue weighted by Crippen LogP contribution is 2.21. The minimum Gasteiger partial charge on any atom is -0.336 e. The summed E-state index contributed by atoms with van der Waals surface area (Å²) >= 11 is 0. The molecule has 1 aromatic carbocycles. The Balaban J connectivity index is 1.52. The molecule has 1 unspecified atom stereocenters. The summed E-state index contributed by atoms with van der Waals surface area (Å²) in [4.78, 5) is 42.8. The highest BCUT2D eigenvalue weighted by atomic mass is 16.2. The first kappa shape index (κ1) is 21.1. The smallest absolute Gasteiger partial charge is 0.317 e. The van der Waals surface area contributed by atoms with Crippen molar-refractivity contribution in [3.05, 3.63) is 35.4 Å². The molecule has 1 atom stereocenters. The summed E-state index contributed by atoms with van der Waals surface area (Å²) in [5, 5.41) is 2.99. The van der Waals surface area contributed by atoms with Gasteiger partial charge >= 0.3 is 17.8 Å². The van der Waals surface area contributed by atoms with Crippen LogP contribution < -0.4 is 5.32 Å². The van der Waals surface area contributed by atoms with E-state index in [0.29, 0.717) is 45.6 Å². The van der Waals surface area contributed by atoms with Gasteiger partial charge in [-0.1, -0.05) is 36.8 Å². The summed E-state index contributed by atoms with van der Waals surface area (Å²) in [5.41, 5.74) is 2.20. The van der Waals surface area contributed by atoms with Crippen LogP contribution in [0.15, 0.2) is 24.3 Å². The molecular formula is C22H32N4O3. The van der Waals surface area contributed by atoms with Crippen LogP contribution in [0.1, 0.15) is 44.2 Å². The van der Waals surface area contributed by atoms with Gasteiger partial charge in [-0.3, -0.25) is 9.59 Å². The van der Waals surface area contributed by atoms with Crippen molar-refractivity contribution in [2.24, 2.45) is 0 Å². The molecule has 2 aliphatic heterocycles. The number of urea groups is 1. The Morgan fingerprint density at radius 1 is 1.07 bits per heavy atom. The molecule has 0 radical (unpaired) electrons. The molecule has 0 bridgehead atoms. The molecule has 0 aromatic heterocycles. The van der Waals surface area contributed by atoms with E-state index >= 15 is 0 Å². The Bertz CT molecular complexity index is 741. The van der Waals surface area contributed by atoms with Crippen LogP contribution in [-0.4, -0.2) is 70.8 Å². The Hall–Kier alpha value is -2.57. The third-order valence-electron chi connectivity index (χ3n) is 6.01. The summed E-state index contributed by atoms with van der Waals surface area (Å²) in [5.74, 6) is -0.834. The summed E-state index contributed by atoms with van der Waals surface area (Å²) in [6, 6.07) is 8.18. The quantitative estimate of drug-likeness (QED) is 0.770. The predicted molar refractivity (Wildman–Crippen MR) is 111 cm³/mol. The topological polar surface area (TPSA) is 73.0 Å². The number of nitrogens with zero attached hydrogens (tertiary/aromatic N) is 3. The van der Waals surface area contributed by atoms with Gasteiger partial charge in [-0.2, -0.15) is 0 Å². The van der Waals surface area contributed by atoms with E-state index in [2.05, 4.69) is 5.32 Å². The fourth-order valence-corrected chi connectivity index (χ4v) is 3.89. The summed E-state index contributed by atoms with van der Waals surface area (Å²) in [6.07, 6.45) is 2.32. The maximum absolute atomic E-state index is 12.7. The molecule has 0 saturated carbocycles. The minimum atomic E-state index is -0.422. The number of carbonyl (C=O) groups is 3. The van der Waals surface area contributed by atoms with Crippen LogP contribution >= 0.6 is 0 Å². The van der Waals surface area contributed by atoms with Crippen LogP contribution in [0.2, 0.25) is 0 Å². The number of carbonyl (C=O) groups excluding carboxylic acids is 3. The van der Waals surface area contributed by atoms with Crippen LogP contribution in [0.25, 0.3) is 0 Å². The van der Waals surface area contributed by atoms with E-state index in [-0.39, 0.29) is 18.1 Å². The van der Waals surface area contributed by atoms with Gasteiger partial charge in [-0.15, -0.1) is 0 Å². The number of likely N-dealkylation sites (tertiary alicyclic amines) is 1. The fourth-order valence-electron chi connectivity index (χ4n) is 3.89. The van der Waals surface area contributed by atoms with Gasteiger partial charge < -0.3 is 20.0 Å². The molecule has 7 nitrogen and oxygen atoms in total. The third kappa shape index (κ3) is 5.08. The van der Waals surface area contributed by atoms with Gasteiger partial charge in [0.2, 0.25) is 0 Å². The summed E-state index contributed by atoms with van der Waals surface area (Å²) in [7, 11) is 0. The molecule has 2 aliphatic rings. The molecule has 4 amide bonds. The molecule has 0 spiro atoms. The van der Waals surface area contributed by atoms with Crippen molar-refractivity contribution in [3.8, 4) is 0 Å². The summed E-state index contributed by atoms with van der Waals surface area (Å²) < 4.78 is 0. The molecule has 0 aliphatic carbocycles. The molecule has 2 saturated heterocycles. The molecule has 3 rings (SSSR count). The minimum absolute atomic E-state index is 0.0284. The predicted octanol–water partition coefficient (Wildman–Crippen LogP) is 2.14. The molecule has 2 heterocycles. The molecular weight excluding hydrogens is 368 g/mol. The number of aryl methyl sites for hydroxylation is 1. The van der Waals surface area contributed by atoms with Gasteiger partial charge in [0.25, 0.3) is 0 Å². The van der Waals surface area contributed by atoms with Crippen LogP contribution in [-0.2, 0) is 16.1 Å². The normalized spacial score (nSPS) is 19.5. The number of hydrogen-bond acceptors (Lipinski definition) is 3. The zero-order valence-electron chi connectivity index (χ0n) is 17.7. The second kappa shape index (κ2) is 9.29. The number of nitrogens with one attached hydrogen (secondary N) is 1. The standard InChI is InChI=1S/C22H32N4O3/c1-4-17(3)23-22(29)24-11-9-19(10-12-24)26-14-13-25(20(27)21(26)28)15-18-7-5-16(2)6-8-18/h5-8,17,19H,4,9-15H2,1-3H3,(H,23,29). The van der Waals surface area contributed by atoms with Crippen molar-refractivity contribution >= 4 is 17.8 Å². The number of piperazine rings is 1. The van der Waals surface area contributed by atoms with Crippen LogP contribution in [0.4, 0.5) is 4.79 Å². The summed E-state index contributed by atoms with van der Waals surface area (Å²) in [6.45, 7) is 8.84. The first-order chi connectivity index (χ1) is 13.9. The number of amides is 4. The maximum atomic E-state index is 12.7. The van der Waals surface area contributed by atoms with Gasteiger partial charge in [0, 0.05) is 44.8 Å². The van der Waals surface area contributed by atoms with E-state index < -0.39 is 11.8 Å². The second-order valence-corrected chi connectivity index (χ2v) is 8.19. The van der Waals surface area contributed by atoms with Gasteiger partial charge in [-0.25, -0.2) is 4.79 Å². The zero-order valence-corrected chi connectivity index (χ0v) is 17.7. The molecule has 1 N–H and O–H groups in total. The molecule has 1 aromatic rings. The van der Waals surface area contributed by atoms with E-state index in [1.807, 2.05) is 49.9 Å². The lowest BCUT2D eigenvalue weighted by atomic mass is 10.0. The molecule has 29 heavy (non-hydrogen) atoms. The van der Waals surface area contributed by atoms with E-state index in [0.717, 1.165) is 12.0 Å².